The summed E-state index contributed by atoms with van der Waals surface area (Å²) in [5.41, 5.74) is 2.24. The molecule has 2 aromatic rings. The van der Waals surface area contributed by atoms with Gasteiger partial charge in [0.15, 0.2) is 0 Å². The van der Waals surface area contributed by atoms with Gasteiger partial charge in [-0.15, -0.1) is 11.3 Å². The van der Waals surface area contributed by atoms with Gasteiger partial charge >= 0.3 is 6.03 Å². The smallest absolute Gasteiger partial charge is 0.317 e. The van der Waals surface area contributed by atoms with E-state index in [-0.39, 0.29) is 11.9 Å². The molecule has 0 spiro atoms. The highest BCUT2D eigenvalue weighted by molar-refractivity contribution is 7.16. The molecule has 0 saturated carbocycles. The van der Waals surface area contributed by atoms with Gasteiger partial charge in [0.25, 0.3) is 0 Å². The Balaban J connectivity index is 1.74. The molecule has 2 N–H and O–H groups in total. The molecule has 138 valence electrons. The maximum atomic E-state index is 12.2. The van der Waals surface area contributed by atoms with Gasteiger partial charge in [-0.05, 0) is 36.6 Å². The number of hydrogen-bond acceptors (Lipinski definition) is 5. The van der Waals surface area contributed by atoms with Gasteiger partial charge < -0.3 is 15.5 Å². The maximum Gasteiger partial charge on any atom is 0.317 e. The summed E-state index contributed by atoms with van der Waals surface area (Å²) in [5.74, 6) is -0.311. The second kappa shape index (κ2) is 8.47. The molecule has 0 saturated heterocycles. The summed E-state index contributed by atoms with van der Waals surface area (Å²) in [6.45, 7) is 3.44. The lowest BCUT2D eigenvalue weighted by molar-refractivity contribution is -0.111. The van der Waals surface area contributed by atoms with Crippen molar-refractivity contribution in [2.75, 3.05) is 18.4 Å². The van der Waals surface area contributed by atoms with E-state index in [1.807, 2.05) is 13.0 Å². The van der Waals surface area contributed by atoms with Crippen LogP contribution in [0.4, 0.5) is 9.80 Å². The Morgan fingerprint density at radius 1 is 1.48 bits per heavy atom. The Labute approximate surface area is 161 Å². The summed E-state index contributed by atoms with van der Waals surface area (Å²) in [6, 6.07) is 5.72. The first-order valence-electron chi connectivity index (χ1n) is 8.59. The van der Waals surface area contributed by atoms with Crippen molar-refractivity contribution in [1.82, 2.24) is 15.2 Å². The Bertz CT molecular complexity index is 914. The van der Waals surface area contributed by atoms with Crippen LogP contribution in [0, 0.1) is 11.3 Å². The zero-order chi connectivity index (χ0) is 19.2. The van der Waals surface area contributed by atoms with Gasteiger partial charge in [-0.2, -0.15) is 5.26 Å². The Morgan fingerprint density at radius 2 is 2.33 bits per heavy atom. The summed E-state index contributed by atoms with van der Waals surface area (Å²) in [6.07, 6.45) is 7.00. The molecule has 0 radical (unpaired) electrons. The fraction of sp³-hybridized carbons (Fsp3) is 0.263. The third kappa shape index (κ3) is 4.33. The zero-order valence-electron chi connectivity index (χ0n) is 14.9. The highest BCUT2D eigenvalue weighted by atomic mass is 32.1. The van der Waals surface area contributed by atoms with E-state index in [1.165, 1.54) is 17.4 Å². The van der Waals surface area contributed by atoms with E-state index in [0.29, 0.717) is 36.6 Å². The number of anilines is 1. The number of nitrogens with one attached hydrogen (secondary N) is 2. The Hall–Kier alpha value is -3.18. The quantitative estimate of drug-likeness (QED) is 0.796. The van der Waals surface area contributed by atoms with Crippen LogP contribution in [-0.4, -0.2) is 34.9 Å². The second-order valence-corrected chi connectivity index (χ2v) is 7.04. The average molecular weight is 381 g/mol. The number of pyridine rings is 1. The number of nitrogens with zero attached hydrogens (tertiary/aromatic N) is 3. The number of nitriles is 1. The van der Waals surface area contributed by atoms with Crippen molar-refractivity contribution in [1.29, 1.82) is 5.26 Å². The van der Waals surface area contributed by atoms with E-state index >= 15 is 0 Å². The number of carbonyl (C=O) groups excluding carboxylic acids is 2. The molecule has 27 heavy (non-hydrogen) atoms. The SMILES string of the molecule is CCNC(=O)N1CCc2c(sc(NC(=O)/C=C/c3cccnc3)c2C#N)C1. The third-order valence-electron chi connectivity index (χ3n) is 4.13. The number of aromatic nitrogens is 1. The van der Waals surface area contributed by atoms with Crippen molar-refractivity contribution in [3.8, 4) is 6.07 Å². The first kappa shape index (κ1) is 18.6. The molecule has 0 aliphatic carbocycles. The summed E-state index contributed by atoms with van der Waals surface area (Å²) >= 11 is 1.35. The average Bonchev–Trinajstić information content (AvgIpc) is 3.03. The van der Waals surface area contributed by atoms with Crippen LogP contribution in [0.25, 0.3) is 6.08 Å². The lowest BCUT2D eigenvalue weighted by Gasteiger charge is -2.26. The van der Waals surface area contributed by atoms with Gasteiger partial charge in [0.2, 0.25) is 5.91 Å². The van der Waals surface area contributed by atoms with Crippen LogP contribution in [0.3, 0.4) is 0 Å². The molecule has 0 atom stereocenters. The molecule has 1 aliphatic rings. The van der Waals surface area contributed by atoms with Crippen LogP contribution in [0.15, 0.2) is 30.6 Å². The molecule has 0 aromatic carbocycles. The molecule has 3 heterocycles. The van der Waals surface area contributed by atoms with E-state index in [4.69, 9.17) is 0 Å². The molecule has 0 unspecified atom stereocenters. The maximum absolute atomic E-state index is 12.2. The molecular weight excluding hydrogens is 362 g/mol. The lowest BCUT2D eigenvalue weighted by atomic mass is 10.0. The van der Waals surface area contributed by atoms with E-state index < -0.39 is 0 Å². The van der Waals surface area contributed by atoms with Crippen LogP contribution >= 0.6 is 11.3 Å². The van der Waals surface area contributed by atoms with Crippen molar-refractivity contribution in [3.63, 3.8) is 0 Å². The van der Waals surface area contributed by atoms with Gasteiger partial charge in [-0.25, -0.2) is 4.79 Å². The predicted molar refractivity (Wildman–Crippen MR) is 104 cm³/mol. The zero-order valence-corrected chi connectivity index (χ0v) is 15.7. The largest absolute Gasteiger partial charge is 0.338 e. The number of fused-ring (bicyclic) bond motifs is 1. The van der Waals surface area contributed by atoms with Crippen molar-refractivity contribution in [3.05, 3.63) is 52.2 Å². The van der Waals surface area contributed by atoms with Crippen LogP contribution in [-0.2, 0) is 17.8 Å². The molecule has 3 rings (SSSR count). The first-order chi connectivity index (χ1) is 13.1. The van der Waals surface area contributed by atoms with Crippen LogP contribution in [0.1, 0.15) is 28.5 Å². The van der Waals surface area contributed by atoms with Gasteiger partial charge in [-0.1, -0.05) is 6.07 Å². The fourth-order valence-corrected chi connectivity index (χ4v) is 4.06. The molecule has 2 aromatic heterocycles. The number of hydrogen-bond donors (Lipinski definition) is 2. The topological polar surface area (TPSA) is 98.1 Å². The molecule has 0 bridgehead atoms. The molecule has 0 fully saturated rings. The normalized spacial score (nSPS) is 13.1. The summed E-state index contributed by atoms with van der Waals surface area (Å²) in [5, 5.41) is 15.6. The minimum absolute atomic E-state index is 0.111. The highest BCUT2D eigenvalue weighted by Crippen LogP contribution is 2.36. The number of amides is 3. The summed E-state index contributed by atoms with van der Waals surface area (Å²) < 4.78 is 0. The van der Waals surface area contributed by atoms with Crippen molar-refractivity contribution in [2.45, 2.75) is 19.9 Å². The van der Waals surface area contributed by atoms with E-state index in [0.717, 1.165) is 16.0 Å². The molecule has 7 nitrogen and oxygen atoms in total. The van der Waals surface area contributed by atoms with Crippen molar-refractivity contribution < 1.29 is 9.59 Å². The van der Waals surface area contributed by atoms with E-state index in [9.17, 15) is 14.9 Å². The number of rotatable bonds is 4. The van der Waals surface area contributed by atoms with Gasteiger partial charge in [0, 0.05) is 36.4 Å². The second-order valence-electron chi connectivity index (χ2n) is 5.94. The van der Waals surface area contributed by atoms with Gasteiger partial charge in [-0.3, -0.25) is 9.78 Å². The van der Waals surface area contributed by atoms with Gasteiger partial charge in [0.05, 0.1) is 12.1 Å². The highest BCUT2D eigenvalue weighted by Gasteiger charge is 2.27. The third-order valence-corrected chi connectivity index (χ3v) is 5.26. The minimum atomic E-state index is -0.311. The van der Waals surface area contributed by atoms with Crippen molar-refractivity contribution in [2.24, 2.45) is 0 Å². The van der Waals surface area contributed by atoms with Crippen molar-refractivity contribution >= 4 is 34.4 Å². The Morgan fingerprint density at radius 3 is 3.04 bits per heavy atom. The van der Waals surface area contributed by atoms with E-state index in [2.05, 4.69) is 21.7 Å². The predicted octanol–water partition coefficient (Wildman–Crippen LogP) is 2.75. The number of thiophene rings is 1. The van der Waals surface area contributed by atoms with Crippen LogP contribution < -0.4 is 10.6 Å². The molecule has 1 aliphatic heterocycles. The Kier molecular flexibility index (Phi) is 5.84. The number of carbonyl (C=O) groups is 2. The van der Waals surface area contributed by atoms with E-state index in [1.54, 1.807) is 29.4 Å². The fourth-order valence-electron chi connectivity index (χ4n) is 2.85. The first-order valence-corrected chi connectivity index (χ1v) is 9.40. The van der Waals surface area contributed by atoms with Crippen LogP contribution in [0.5, 0.6) is 0 Å². The monoisotopic (exact) mass is 381 g/mol. The standard InChI is InChI=1S/C19H19N5O2S/c1-2-22-19(26)24-9-7-14-15(10-20)18(27-16(14)12-24)23-17(25)6-5-13-4-3-8-21-11-13/h3-6,8,11H,2,7,9,12H2,1H3,(H,22,26)(H,23,25)/b6-5+. The lowest BCUT2D eigenvalue weighted by Crippen LogP contribution is -2.42. The van der Waals surface area contributed by atoms with Gasteiger partial charge in [0.1, 0.15) is 11.1 Å². The molecular formula is C19H19N5O2S. The summed E-state index contributed by atoms with van der Waals surface area (Å²) in [7, 11) is 0. The molecule has 3 amide bonds. The number of urea groups is 1. The summed E-state index contributed by atoms with van der Waals surface area (Å²) in [4.78, 5) is 30.9. The molecule has 8 heteroatoms. The van der Waals surface area contributed by atoms with Crippen LogP contribution in [0.2, 0.25) is 0 Å². The minimum Gasteiger partial charge on any atom is -0.338 e.